The number of hydrogen-bond acceptors (Lipinski definition) is 0. The van der Waals surface area contributed by atoms with Gasteiger partial charge in [0.1, 0.15) is 0 Å². The molecule has 1 aromatic rings. The minimum atomic E-state index is 0.984. The molecule has 0 fully saturated rings. The van der Waals surface area contributed by atoms with Crippen LogP contribution in [-0.4, -0.2) is 4.98 Å². The van der Waals surface area contributed by atoms with E-state index >= 15 is 0 Å². The quantitative estimate of drug-likeness (QED) is 0.501. The van der Waals surface area contributed by atoms with Crippen LogP contribution in [0.5, 0.6) is 0 Å². The Morgan fingerprint density at radius 3 is 2.57 bits per heavy atom. The lowest BCUT2D eigenvalue weighted by Gasteiger charge is -1.71. The van der Waals surface area contributed by atoms with Crippen molar-refractivity contribution >= 4 is 0 Å². The van der Waals surface area contributed by atoms with Crippen LogP contribution in [0.3, 0.4) is 0 Å². The highest BCUT2D eigenvalue weighted by Crippen LogP contribution is 1.97. The molecule has 0 aliphatic heterocycles. The molecule has 0 bridgehead atoms. The number of aryl methyl sites for hydroxylation is 1. The van der Waals surface area contributed by atoms with Gasteiger partial charge in [0.25, 0.3) is 0 Å². The lowest BCUT2D eigenvalue weighted by atomic mass is 10.4. The van der Waals surface area contributed by atoms with Gasteiger partial charge in [-0.25, -0.2) is 0 Å². The molecule has 1 nitrogen and oxygen atoms in total. The van der Waals surface area contributed by atoms with Gasteiger partial charge in [-0.15, -0.1) is 0 Å². The van der Waals surface area contributed by atoms with Crippen LogP contribution in [-0.2, 0) is 0 Å². The predicted molar refractivity (Wildman–Crippen MR) is 30.0 cm³/mol. The summed E-state index contributed by atoms with van der Waals surface area (Å²) in [7, 11) is 0. The third-order valence-corrected chi connectivity index (χ3v) is 0.887. The zero-order valence-corrected chi connectivity index (χ0v) is 4.36. The lowest BCUT2D eigenvalue weighted by molar-refractivity contribution is 1.34. The van der Waals surface area contributed by atoms with Gasteiger partial charge in [-0.3, -0.25) is 0 Å². The summed E-state index contributed by atoms with van der Waals surface area (Å²) in [6, 6.07) is 2.00. The molecule has 0 aliphatic rings. The molecular weight excluding hydrogens is 86.1 g/mol. The average Bonchev–Trinajstić information content (AvgIpc) is 1.87. The molecule has 1 heterocycles. The van der Waals surface area contributed by atoms with Crippen LogP contribution in [0.4, 0.5) is 0 Å². The fourth-order valence-corrected chi connectivity index (χ4v) is 0.565. The first kappa shape index (κ1) is 4.44. The summed E-state index contributed by atoms with van der Waals surface area (Å²) in [6.07, 6.45) is 1.93. The van der Waals surface area contributed by atoms with Crippen LogP contribution in [0, 0.1) is 13.8 Å². The Kier molecular flexibility index (Phi) is 0.895. The molecule has 1 heteroatoms. The number of aromatic nitrogens is 1. The molecule has 0 unspecified atom stereocenters. The van der Waals surface area contributed by atoms with Crippen molar-refractivity contribution in [3.05, 3.63) is 30.4 Å². The van der Waals surface area contributed by atoms with Crippen molar-refractivity contribution in [2.24, 2.45) is 0 Å². The third kappa shape index (κ3) is 0.829. The van der Waals surface area contributed by atoms with Crippen molar-refractivity contribution in [3.8, 4) is 0 Å². The summed E-state index contributed by atoms with van der Waals surface area (Å²) in [5.74, 6) is 0. The van der Waals surface area contributed by atoms with Crippen LogP contribution < -0.4 is 0 Å². The predicted octanol–water partition coefficient (Wildman–Crippen LogP) is 1.51. The fraction of sp³-hybridized carbons (Fsp3) is 0.167. The van der Waals surface area contributed by atoms with Crippen LogP contribution in [0.2, 0.25) is 0 Å². The van der Waals surface area contributed by atoms with Crippen molar-refractivity contribution in [3.63, 3.8) is 0 Å². The summed E-state index contributed by atoms with van der Waals surface area (Å²) in [6.45, 7) is 5.72. The zero-order valence-electron chi connectivity index (χ0n) is 4.36. The first-order chi connectivity index (χ1) is 3.29. The van der Waals surface area contributed by atoms with E-state index in [-0.39, 0.29) is 0 Å². The van der Waals surface area contributed by atoms with Crippen LogP contribution >= 0.6 is 0 Å². The molecule has 1 rings (SSSR count). The normalized spacial score (nSPS) is 9.43. The van der Waals surface area contributed by atoms with Crippen molar-refractivity contribution in [2.45, 2.75) is 6.92 Å². The SMILES string of the molecule is [CH2]c1cc(C)c[nH]1. The summed E-state index contributed by atoms with van der Waals surface area (Å²) in [5.41, 5.74) is 2.22. The van der Waals surface area contributed by atoms with Gasteiger partial charge in [-0.2, -0.15) is 0 Å². The Morgan fingerprint density at radius 1 is 1.71 bits per heavy atom. The monoisotopic (exact) mass is 94.1 g/mol. The van der Waals surface area contributed by atoms with E-state index in [0.717, 1.165) is 5.69 Å². The molecule has 0 atom stereocenters. The van der Waals surface area contributed by atoms with E-state index in [2.05, 4.69) is 11.9 Å². The van der Waals surface area contributed by atoms with E-state index in [0.29, 0.717) is 0 Å². The highest BCUT2D eigenvalue weighted by atomic mass is 14.7. The first-order valence-electron chi connectivity index (χ1n) is 2.26. The molecule has 0 saturated carbocycles. The highest BCUT2D eigenvalue weighted by molar-refractivity contribution is 5.16. The molecule has 7 heavy (non-hydrogen) atoms. The van der Waals surface area contributed by atoms with Gasteiger partial charge >= 0.3 is 0 Å². The van der Waals surface area contributed by atoms with Gasteiger partial charge in [0.2, 0.25) is 0 Å². The van der Waals surface area contributed by atoms with E-state index in [1.54, 1.807) is 0 Å². The molecule has 0 saturated heterocycles. The van der Waals surface area contributed by atoms with Gasteiger partial charge in [-0.05, 0) is 25.5 Å². The standard InChI is InChI=1S/C6H8N/c1-5-3-6(2)7-4-5/h3-4,7H,2H2,1H3. The van der Waals surface area contributed by atoms with Crippen LogP contribution in [0.15, 0.2) is 12.3 Å². The summed E-state index contributed by atoms with van der Waals surface area (Å²) < 4.78 is 0. The minimum absolute atomic E-state index is 0.984. The smallest absolute Gasteiger partial charge is 0.0153 e. The Balaban J connectivity index is 3.04. The van der Waals surface area contributed by atoms with E-state index in [4.69, 9.17) is 0 Å². The maximum absolute atomic E-state index is 3.69. The molecule has 0 spiro atoms. The molecule has 1 radical (unpaired) electrons. The Hall–Kier alpha value is -0.720. The fourth-order valence-electron chi connectivity index (χ4n) is 0.565. The van der Waals surface area contributed by atoms with Crippen molar-refractivity contribution in [2.75, 3.05) is 0 Å². The highest BCUT2D eigenvalue weighted by Gasteiger charge is 1.82. The minimum Gasteiger partial charge on any atom is -0.365 e. The maximum atomic E-state index is 3.69. The number of aromatic amines is 1. The van der Waals surface area contributed by atoms with Crippen molar-refractivity contribution < 1.29 is 0 Å². The second-order valence-corrected chi connectivity index (χ2v) is 1.70. The second-order valence-electron chi connectivity index (χ2n) is 1.70. The summed E-state index contributed by atoms with van der Waals surface area (Å²) in [5, 5.41) is 0. The molecule has 1 N–H and O–H groups in total. The molecule has 37 valence electrons. The van der Waals surface area contributed by atoms with Crippen molar-refractivity contribution in [1.29, 1.82) is 0 Å². The number of hydrogen-bond donors (Lipinski definition) is 1. The number of nitrogens with one attached hydrogen (secondary N) is 1. The van der Waals surface area contributed by atoms with E-state index in [1.807, 2.05) is 19.2 Å². The molecule has 0 aromatic carbocycles. The molecule has 0 aliphatic carbocycles. The van der Waals surface area contributed by atoms with Gasteiger partial charge in [0, 0.05) is 11.9 Å². The molecular formula is C6H8N. The van der Waals surface area contributed by atoms with Crippen LogP contribution in [0.1, 0.15) is 11.3 Å². The summed E-state index contributed by atoms with van der Waals surface area (Å²) in [4.78, 5) is 2.96. The Morgan fingerprint density at radius 2 is 2.43 bits per heavy atom. The van der Waals surface area contributed by atoms with Crippen LogP contribution in [0.25, 0.3) is 0 Å². The van der Waals surface area contributed by atoms with Gasteiger partial charge < -0.3 is 4.98 Å². The molecule has 0 amide bonds. The second kappa shape index (κ2) is 1.41. The van der Waals surface area contributed by atoms with Gasteiger partial charge in [0.15, 0.2) is 0 Å². The van der Waals surface area contributed by atoms with Gasteiger partial charge in [-0.1, -0.05) is 0 Å². The Bertz CT molecular complexity index is 136. The lowest BCUT2D eigenvalue weighted by Crippen LogP contribution is -1.59. The number of H-pyrrole nitrogens is 1. The van der Waals surface area contributed by atoms with Crippen molar-refractivity contribution in [1.82, 2.24) is 4.98 Å². The Labute approximate surface area is 43.4 Å². The average molecular weight is 94.1 g/mol. The number of rotatable bonds is 0. The third-order valence-electron chi connectivity index (χ3n) is 0.887. The summed E-state index contributed by atoms with van der Waals surface area (Å²) >= 11 is 0. The topological polar surface area (TPSA) is 15.8 Å². The first-order valence-corrected chi connectivity index (χ1v) is 2.26. The molecule has 1 aromatic heterocycles. The largest absolute Gasteiger partial charge is 0.365 e. The van der Waals surface area contributed by atoms with E-state index in [9.17, 15) is 0 Å². The van der Waals surface area contributed by atoms with Gasteiger partial charge in [0.05, 0.1) is 0 Å². The maximum Gasteiger partial charge on any atom is 0.0153 e. The zero-order chi connectivity index (χ0) is 5.28. The van der Waals surface area contributed by atoms with E-state index < -0.39 is 0 Å². The van der Waals surface area contributed by atoms with E-state index in [1.165, 1.54) is 5.56 Å².